The molecule has 0 saturated carbocycles. The zero-order chi connectivity index (χ0) is 14.0. The highest BCUT2D eigenvalue weighted by atomic mass is 16.6. The van der Waals surface area contributed by atoms with E-state index in [-0.39, 0.29) is 12.0 Å². The third-order valence-corrected chi connectivity index (χ3v) is 2.41. The molecule has 0 aromatic heterocycles. The zero-order valence-corrected chi connectivity index (χ0v) is 9.67. The Morgan fingerprint density at radius 3 is 1.68 bits per heavy atom. The number of fused-ring (bicyclic) bond motifs is 1. The first-order chi connectivity index (χ1) is 8.99. The van der Waals surface area contributed by atoms with Crippen molar-refractivity contribution in [3.63, 3.8) is 0 Å². The van der Waals surface area contributed by atoms with E-state index in [4.69, 9.17) is 0 Å². The summed E-state index contributed by atoms with van der Waals surface area (Å²) in [6.45, 7) is 3.29. The van der Waals surface area contributed by atoms with Gasteiger partial charge in [-0.3, -0.25) is 4.79 Å². The number of cyclic esters (lactones) is 4. The summed E-state index contributed by atoms with van der Waals surface area (Å²) in [4.78, 5) is 42.1. The second-order valence-electron chi connectivity index (χ2n) is 3.76. The van der Waals surface area contributed by atoms with E-state index in [0.29, 0.717) is 11.1 Å². The van der Waals surface area contributed by atoms with Gasteiger partial charge in [-0.2, -0.15) is 0 Å². The molecule has 1 fully saturated rings. The van der Waals surface area contributed by atoms with Gasteiger partial charge in [0.1, 0.15) is 0 Å². The maximum atomic E-state index is 10.8. The molecule has 0 aliphatic carbocycles. The van der Waals surface area contributed by atoms with Crippen LogP contribution >= 0.6 is 0 Å². The normalized spacial score (nSPS) is 16.5. The number of hydrogen-bond acceptors (Lipinski definition) is 6. The summed E-state index contributed by atoms with van der Waals surface area (Å²) in [5, 5.41) is 0. The molecule has 0 amide bonds. The van der Waals surface area contributed by atoms with Crippen LogP contribution in [0.4, 0.5) is 0 Å². The number of benzene rings is 1. The average molecular weight is 260 g/mol. The maximum absolute atomic E-state index is 10.8. The van der Waals surface area contributed by atoms with Crippen LogP contribution in [-0.4, -0.2) is 23.9 Å². The minimum Gasteiger partial charge on any atom is -0.389 e. The second-order valence-corrected chi connectivity index (χ2v) is 3.76. The number of carbonyl (C=O) groups excluding carboxylic acids is 4. The van der Waals surface area contributed by atoms with Gasteiger partial charge in [-0.05, 0) is 12.1 Å². The van der Waals surface area contributed by atoms with E-state index in [0.717, 1.165) is 0 Å². The Morgan fingerprint density at radius 1 is 0.842 bits per heavy atom. The van der Waals surface area contributed by atoms with Gasteiger partial charge in [0.25, 0.3) is 0 Å². The minimum absolute atomic E-state index is 0.0544. The predicted molar refractivity (Wildman–Crippen MR) is 61.0 cm³/mol. The molecule has 0 N–H and O–H groups in total. The largest absolute Gasteiger partial charge is 0.389 e. The van der Waals surface area contributed by atoms with Crippen LogP contribution in [0.25, 0.3) is 0 Å². The zero-order valence-electron chi connectivity index (χ0n) is 9.67. The molecular weight excluding hydrogens is 252 g/mol. The molecule has 3 rings (SSSR count). The highest BCUT2D eigenvalue weighted by Crippen LogP contribution is 2.18. The SMILES string of the molecule is C=C1CC(=O)OC1=O.O=C1OC(=O)c2ccccc21. The highest BCUT2D eigenvalue weighted by Gasteiger charge is 2.28. The van der Waals surface area contributed by atoms with E-state index < -0.39 is 23.9 Å². The van der Waals surface area contributed by atoms with E-state index in [1.807, 2.05) is 0 Å². The summed E-state index contributed by atoms with van der Waals surface area (Å²) in [7, 11) is 0. The number of carbonyl (C=O) groups is 4. The fraction of sp³-hybridized carbons (Fsp3) is 0.0769. The van der Waals surface area contributed by atoms with Crippen LogP contribution in [0.1, 0.15) is 27.1 Å². The molecule has 0 radical (unpaired) electrons. The fourth-order valence-corrected chi connectivity index (χ4v) is 1.49. The Kier molecular flexibility index (Phi) is 3.24. The Balaban J connectivity index is 0.000000148. The Hall–Kier alpha value is -2.76. The molecule has 6 nitrogen and oxygen atoms in total. The number of hydrogen-bond donors (Lipinski definition) is 0. The molecule has 2 heterocycles. The first-order valence-electron chi connectivity index (χ1n) is 5.27. The van der Waals surface area contributed by atoms with Crippen LogP contribution in [0.2, 0.25) is 0 Å². The van der Waals surface area contributed by atoms with Crippen molar-refractivity contribution in [2.45, 2.75) is 6.42 Å². The van der Waals surface area contributed by atoms with Gasteiger partial charge >= 0.3 is 23.9 Å². The van der Waals surface area contributed by atoms with Crippen molar-refractivity contribution in [3.05, 3.63) is 47.5 Å². The van der Waals surface area contributed by atoms with E-state index in [1.54, 1.807) is 24.3 Å². The molecule has 19 heavy (non-hydrogen) atoms. The van der Waals surface area contributed by atoms with Crippen LogP contribution in [0.3, 0.4) is 0 Å². The quantitative estimate of drug-likeness (QED) is 0.393. The average Bonchev–Trinajstić information content (AvgIpc) is 2.82. The summed E-state index contributed by atoms with van der Waals surface area (Å²) in [5.74, 6) is -2.19. The van der Waals surface area contributed by atoms with E-state index in [2.05, 4.69) is 16.1 Å². The van der Waals surface area contributed by atoms with Gasteiger partial charge < -0.3 is 9.47 Å². The van der Waals surface area contributed by atoms with Crippen molar-refractivity contribution in [2.24, 2.45) is 0 Å². The fourth-order valence-electron chi connectivity index (χ4n) is 1.49. The third-order valence-electron chi connectivity index (χ3n) is 2.41. The second kappa shape index (κ2) is 4.85. The van der Waals surface area contributed by atoms with E-state index >= 15 is 0 Å². The first kappa shape index (κ1) is 12.7. The van der Waals surface area contributed by atoms with Gasteiger partial charge in [-0.25, -0.2) is 14.4 Å². The Labute approximate surface area is 107 Å². The van der Waals surface area contributed by atoms with Crippen LogP contribution in [0.5, 0.6) is 0 Å². The smallest absolute Gasteiger partial charge is 0.346 e. The van der Waals surface area contributed by atoms with Crippen LogP contribution < -0.4 is 0 Å². The van der Waals surface area contributed by atoms with Crippen molar-refractivity contribution in [1.29, 1.82) is 0 Å². The summed E-state index contributed by atoms with van der Waals surface area (Å²) in [5.41, 5.74) is 0.963. The molecule has 0 bridgehead atoms. The molecule has 1 aromatic carbocycles. The monoisotopic (exact) mass is 260 g/mol. The number of ether oxygens (including phenoxy) is 2. The lowest BCUT2D eigenvalue weighted by Crippen LogP contribution is -1.96. The lowest BCUT2D eigenvalue weighted by molar-refractivity contribution is -0.151. The van der Waals surface area contributed by atoms with Gasteiger partial charge in [-0.15, -0.1) is 0 Å². The van der Waals surface area contributed by atoms with Crippen LogP contribution in [0, 0.1) is 0 Å². The maximum Gasteiger partial charge on any atom is 0.346 e. The molecular formula is C13H8O6. The summed E-state index contributed by atoms with van der Waals surface area (Å²) >= 11 is 0. The molecule has 6 heteroatoms. The van der Waals surface area contributed by atoms with Crippen LogP contribution in [0.15, 0.2) is 36.4 Å². The minimum atomic E-state index is -0.588. The van der Waals surface area contributed by atoms with Crippen molar-refractivity contribution in [1.82, 2.24) is 0 Å². The molecule has 2 aliphatic heterocycles. The lowest BCUT2D eigenvalue weighted by atomic mass is 10.1. The van der Waals surface area contributed by atoms with Crippen molar-refractivity contribution in [3.8, 4) is 0 Å². The summed E-state index contributed by atoms with van der Waals surface area (Å²) in [6, 6.07) is 6.53. The van der Waals surface area contributed by atoms with Crippen LogP contribution in [-0.2, 0) is 19.1 Å². The first-order valence-corrected chi connectivity index (χ1v) is 5.27. The van der Waals surface area contributed by atoms with Gasteiger partial charge in [0.15, 0.2) is 0 Å². The van der Waals surface area contributed by atoms with Gasteiger partial charge in [0.2, 0.25) is 0 Å². The molecule has 1 aromatic rings. The Bertz CT molecular complexity index is 562. The topological polar surface area (TPSA) is 86.7 Å². The van der Waals surface area contributed by atoms with E-state index in [9.17, 15) is 19.2 Å². The highest BCUT2D eigenvalue weighted by molar-refractivity contribution is 6.14. The molecule has 2 aliphatic rings. The van der Waals surface area contributed by atoms with Gasteiger partial charge in [0, 0.05) is 5.57 Å². The van der Waals surface area contributed by atoms with Crippen molar-refractivity contribution < 1.29 is 28.7 Å². The predicted octanol–water partition coefficient (Wildman–Crippen LogP) is 1.01. The molecule has 1 saturated heterocycles. The lowest BCUT2D eigenvalue weighted by Gasteiger charge is -1.86. The van der Waals surface area contributed by atoms with Crippen molar-refractivity contribution in [2.75, 3.05) is 0 Å². The summed E-state index contributed by atoms with van der Waals surface area (Å²) < 4.78 is 8.45. The standard InChI is InChI=1S/C8H4O3.C5H4O3/c9-7-5-3-1-2-4-6(5)8(10)11-7;1-3-2-4(6)8-5(3)7/h1-4H;1-2H2. The molecule has 0 spiro atoms. The van der Waals surface area contributed by atoms with Gasteiger partial charge in [-0.1, -0.05) is 18.7 Å². The molecule has 0 atom stereocenters. The number of rotatable bonds is 0. The number of esters is 4. The Morgan fingerprint density at radius 2 is 1.37 bits per heavy atom. The van der Waals surface area contributed by atoms with E-state index in [1.165, 1.54) is 0 Å². The van der Waals surface area contributed by atoms with Crippen molar-refractivity contribution >= 4 is 23.9 Å². The molecule has 96 valence electrons. The third kappa shape index (κ3) is 2.57. The van der Waals surface area contributed by atoms with Gasteiger partial charge in [0.05, 0.1) is 17.5 Å². The summed E-state index contributed by atoms with van der Waals surface area (Å²) in [6.07, 6.45) is 0.0544. The molecule has 0 unspecified atom stereocenters.